The predicted octanol–water partition coefficient (Wildman–Crippen LogP) is 3.89. The maximum atomic E-state index is 13.6. The highest BCUT2D eigenvalue weighted by molar-refractivity contribution is 9.10. The molecule has 1 aromatic heterocycles. The summed E-state index contributed by atoms with van der Waals surface area (Å²) < 4.78 is 16.4. The molecule has 0 bridgehead atoms. The average Bonchev–Trinajstić information content (AvgIpc) is 2.83. The fourth-order valence-electron chi connectivity index (χ4n) is 2.33. The Kier molecular flexibility index (Phi) is 5.31. The zero-order valence-corrected chi connectivity index (χ0v) is 13.3. The van der Waals surface area contributed by atoms with Gasteiger partial charge >= 0.3 is 0 Å². The van der Waals surface area contributed by atoms with Crippen LogP contribution in [0.2, 0.25) is 0 Å². The van der Waals surface area contributed by atoms with Gasteiger partial charge in [-0.05, 0) is 42.8 Å². The summed E-state index contributed by atoms with van der Waals surface area (Å²) in [5.41, 5.74) is 1.96. The van der Waals surface area contributed by atoms with Gasteiger partial charge in [0, 0.05) is 17.2 Å². The molecule has 2 rings (SSSR count). The molecule has 0 spiro atoms. The van der Waals surface area contributed by atoms with E-state index in [2.05, 4.69) is 33.3 Å². The highest BCUT2D eigenvalue weighted by Crippen LogP contribution is 2.26. The molecule has 0 fully saturated rings. The molecule has 1 unspecified atom stereocenters. The first-order chi connectivity index (χ1) is 9.65. The lowest BCUT2D eigenvalue weighted by molar-refractivity contribution is 0.518. The monoisotopic (exact) mass is 339 g/mol. The first-order valence-corrected chi connectivity index (χ1v) is 7.66. The van der Waals surface area contributed by atoms with E-state index in [4.69, 9.17) is 0 Å². The van der Waals surface area contributed by atoms with Crippen LogP contribution in [0.1, 0.15) is 37.6 Å². The molecule has 0 amide bonds. The summed E-state index contributed by atoms with van der Waals surface area (Å²) in [7, 11) is 0. The van der Waals surface area contributed by atoms with Gasteiger partial charge in [-0.2, -0.15) is 5.10 Å². The summed E-state index contributed by atoms with van der Waals surface area (Å²) in [5.74, 6) is -0.237. The molecule has 0 aliphatic rings. The van der Waals surface area contributed by atoms with Crippen molar-refractivity contribution in [1.82, 2.24) is 15.1 Å². The van der Waals surface area contributed by atoms with Crippen molar-refractivity contribution in [3.05, 3.63) is 52.0 Å². The average molecular weight is 340 g/mol. The van der Waals surface area contributed by atoms with E-state index in [1.165, 1.54) is 6.07 Å². The van der Waals surface area contributed by atoms with Crippen LogP contribution in [0.25, 0.3) is 0 Å². The maximum absolute atomic E-state index is 13.6. The molecule has 1 heterocycles. The normalized spacial score (nSPS) is 12.6. The molecule has 5 heteroatoms. The summed E-state index contributed by atoms with van der Waals surface area (Å²) in [6.45, 7) is 5.82. The Hall–Kier alpha value is -1.20. The van der Waals surface area contributed by atoms with Gasteiger partial charge in [0.1, 0.15) is 5.82 Å². The first-order valence-electron chi connectivity index (χ1n) is 6.86. The van der Waals surface area contributed by atoms with Gasteiger partial charge in [0.05, 0.1) is 11.7 Å². The Morgan fingerprint density at radius 2 is 2.15 bits per heavy atom. The molecule has 2 aromatic rings. The van der Waals surface area contributed by atoms with Crippen molar-refractivity contribution in [1.29, 1.82) is 0 Å². The Labute approximate surface area is 127 Å². The largest absolute Gasteiger partial charge is 0.305 e. The van der Waals surface area contributed by atoms with Crippen LogP contribution in [-0.4, -0.2) is 16.3 Å². The van der Waals surface area contributed by atoms with E-state index in [1.807, 2.05) is 23.7 Å². The molecule has 0 aliphatic carbocycles. The zero-order valence-electron chi connectivity index (χ0n) is 11.7. The van der Waals surface area contributed by atoms with E-state index < -0.39 is 0 Å². The van der Waals surface area contributed by atoms with Crippen LogP contribution in [0.5, 0.6) is 0 Å². The van der Waals surface area contributed by atoms with Crippen LogP contribution in [0.3, 0.4) is 0 Å². The lowest BCUT2D eigenvalue weighted by atomic mass is 10.0. The molecule has 1 atom stereocenters. The van der Waals surface area contributed by atoms with Gasteiger partial charge in [0.15, 0.2) is 0 Å². The van der Waals surface area contributed by atoms with Crippen molar-refractivity contribution in [3.63, 3.8) is 0 Å². The number of nitrogens with one attached hydrogen (secondary N) is 1. The van der Waals surface area contributed by atoms with Gasteiger partial charge in [-0.15, -0.1) is 0 Å². The second-order valence-corrected chi connectivity index (χ2v) is 5.59. The summed E-state index contributed by atoms with van der Waals surface area (Å²) in [5, 5.41) is 7.76. The Morgan fingerprint density at radius 1 is 1.35 bits per heavy atom. The van der Waals surface area contributed by atoms with Crippen molar-refractivity contribution in [2.75, 3.05) is 6.54 Å². The Balaban J connectivity index is 2.41. The van der Waals surface area contributed by atoms with Crippen LogP contribution >= 0.6 is 15.9 Å². The summed E-state index contributed by atoms with van der Waals surface area (Å²) >= 11 is 3.35. The lowest BCUT2D eigenvalue weighted by Gasteiger charge is -2.20. The second-order valence-electron chi connectivity index (χ2n) is 4.67. The van der Waals surface area contributed by atoms with E-state index in [9.17, 15) is 4.39 Å². The number of aromatic nitrogens is 2. The third kappa shape index (κ3) is 3.46. The highest BCUT2D eigenvalue weighted by Gasteiger charge is 2.18. The van der Waals surface area contributed by atoms with Crippen molar-refractivity contribution in [3.8, 4) is 0 Å². The van der Waals surface area contributed by atoms with Gasteiger partial charge in [-0.3, -0.25) is 4.68 Å². The molecular weight excluding hydrogens is 321 g/mol. The van der Waals surface area contributed by atoms with E-state index in [0.717, 1.165) is 35.2 Å². The van der Waals surface area contributed by atoms with Gasteiger partial charge in [0.2, 0.25) is 0 Å². The number of halogens is 2. The molecule has 0 saturated carbocycles. The SMILES string of the molecule is CCCn1nccc1C(NCC)c1cc(F)cc(Br)c1. The summed E-state index contributed by atoms with van der Waals surface area (Å²) in [6, 6.07) is 6.92. The van der Waals surface area contributed by atoms with Crippen LogP contribution in [0, 0.1) is 5.82 Å². The van der Waals surface area contributed by atoms with Crippen molar-refractivity contribution in [2.45, 2.75) is 32.9 Å². The van der Waals surface area contributed by atoms with Gasteiger partial charge in [-0.1, -0.05) is 29.8 Å². The number of hydrogen-bond acceptors (Lipinski definition) is 2. The van der Waals surface area contributed by atoms with Crippen molar-refractivity contribution < 1.29 is 4.39 Å². The summed E-state index contributed by atoms with van der Waals surface area (Å²) in [4.78, 5) is 0. The number of nitrogens with zero attached hydrogens (tertiary/aromatic N) is 2. The minimum absolute atomic E-state index is 0.0546. The van der Waals surface area contributed by atoms with Crippen LogP contribution < -0.4 is 5.32 Å². The fourth-order valence-corrected chi connectivity index (χ4v) is 2.81. The van der Waals surface area contributed by atoms with Gasteiger partial charge in [-0.25, -0.2) is 4.39 Å². The third-order valence-electron chi connectivity index (χ3n) is 3.11. The van der Waals surface area contributed by atoms with Gasteiger partial charge < -0.3 is 5.32 Å². The topological polar surface area (TPSA) is 29.9 Å². The zero-order chi connectivity index (χ0) is 14.5. The molecule has 108 valence electrons. The molecule has 0 saturated heterocycles. The smallest absolute Gasteiger partial charge is 0.124 e. The predicted molar refractivity (Wildman–Crippen MR) is 82.1 cm³/mol. The molecule has 1 aromatic carbocycles. The minimum Gasteiger partial charge on any atom is -0.305 e. The lowest BCUT2D eigenvalue weighted by Crippen LogP contribution is -2.25. The fraction of sp³-hybridized carbons (Fsp3) is 0.400. The van der Waals surface area contributed by atoms with E-state index >= 15 is 0 Å². The number of rotatable bonds is 6. The van der Waals surface area contributed by atoms with Crippen molar-refractivity contribution in [2.24, 2.45) is 0 Å². The Bertz CT molecular complexity index is 548. The summed E-state index contributed by atoms with van der Waals surface area (Å²) in [6.07, 6.45) is 2.81. The van der Waals surface area contributed by atoms with Crippen LogP contribution in [-0.2, 0) is 6.54 Å². The molecule has 1 N–H and O–H groups in total. The second kappa shape index (κ2) is 6.99. The molecular formula is C15H19BrFN3. The molecule has 0 aliphatic heterocycles. The third-order valence-corrected chi connectivity index (χ3v) is 3.56. The van der Waals surface area contributed by atoms with Crippen LogP contribution in [0.4, 0.5) is 4.39 Å². The quantitative estimate of drug-likeness (QED) is 0.865. The highest BCUT2D eigenvalue weighted by atomic mass is 79.9. The van der Waals surface area contributed by atoms with E-state index in [0.29, 0.717) is 0 Å². The molecule has 0 radical (unpaired) electrons. The van der Waals surface area contributed by atoms with Gasteiger partial charge in [0.25, 0.3) is 0 Å². The number of aryl methyl sites for hydroxylation is 1. The van der Waals surface area contributed by atoms with E-state index in [1.54, 1.807) is 12.3 Å². The maximum Gasteiger partial charge on any atom is 0.124 e. The standard InChI is InChI=1S/C15H19BrFN3/c1-3-7-20-14(5-6-19-20)15(18-4-2)11-8-12(16)10-13(17)9-11/h5-6,8-10,15,18H,3-4,7H2,1-2H3. The van der Waals surface area contributed by atoms with Crippen molar-refractivity contribution >= 4 is 15.9 Å². The Morgan fingerprint density at radius 3 is 2.80 bits per heavy atom. The first kappa shape index (κ1) is 15.2. The van der Waals surface area contributed by atoms with E-state index in [-0.39, 0.29) is 11.9 Å². The number of benzene rings is 1. The molecule has 20 heavy (non-hydrogen) atoms. The molecule has 3 nitrogen and oxygen atoms in total. The number of hydrogen-bond donors (Lipinski definition) is 1. The van der Waals surface area contributed by atoms with Crippen LogP contribution in [0.15, 0.2) is 34.9 Å². The minimum atomic E-state index is -0.237.